The number of aryl methyl sites for hydroxylation is 3. The van der Waals surface area contributed by atoms with Crippen molar-refractivity contribution in [3.63, 3.8) is 0 Å². The van der Waals surface area contributed by atoms with E-state index in [2.05, 4.69) is 5.32 Å². The first-order valence-corrected chi connectivity index (χ1v) is 16.8. The van der Waals surface area contributed by atoms with Gasteiger partial charge >= 0.3 is 0 Å². The molecule has 4 rings (SSSR count). The second-order valence-electron chi connectivity index (χ2n) is 11.5. The lowest BCUT2D eigenvalue weighted by Crippen LogP contribution is -2.54. The first kappa shape index (κ1) is 32.6. The summed E-state index contributed by atoms with van der Waals surface area (Å²) >= 11 is 6.34. The zero-order chi connectivity index (χ0) is 31.1. The highest BCUT2D eigenvalue weighted by atomic mass is 35.5. The molecule has 3 aromatic rings. The Bertz CT molecular complexity index is 1540. The van der Waals surface area contributed by atoms with E-state index in [1.807, 2.05) is 45.0 Å². The van der Waals surface area contributed by atoms with Gasteiger partial charge in [0, 0.05) is 17.6 Å². The normalized spacial score (nSPS) is 14.6. The molecule has 0 aromatic heterocycles. The van der Waals surface area contributed by atoms with E-state index in [1.165, 1.54) is 4.90 Å². The first-order valence-electron chi connectivity index (χ1n) is 15.0. The summed E-state index contributed by atoms with van der Waals surface area (Å²) in [6, 6.07) is 18.6. The number of sulfonamides is 1. The molecule has 0 radical (unpaired) electrons. The fourth-order valence-corrected chi connectivity index (χ4v) is 7.27. The van der Waals surface area contributed by atoms with Gasteiger partial charge in [-0.25, -0.2) is 8.42 Å². The molecule has 0 saturated heterocycles. The largest absolute Gasteiger partial charge is 0.352 e. The number of hydrogen-bond acceptors (Lipinski definition) is 4. The van der Waals surface area contributed by atoms with E-state index in [-0.39, 0.29) is 23.4 Å². The number of anilines is 1. The minimum atomic E-state index is -4.17. The minimum Gasteiger partial charge on any atom is -0.352 e. The van der Waals surface area contributed by atoms with Crippen LogP contribution in [0.25, 0.3) is 0 Å². The van der Waals surface area contributed by atoms with Crippen LogP contribution in [0.4, 0.5) is 5.69 Å². The molecule has 0 heterocycles. The van der Waals surface area contributed by atoms with Crippen molar-refractivity contribution in [2.75, 3.05) is 10.8 Å². The van der Waals surface area contributed by atoms with Gasteiger partial charge in [-0.05, 0) is 81.0 Å². The molecule has 1 N–H and O–H groups in total. The fourth-order valence-electron chi connectivity index (χ4n) is 5.64. The van der Waals surface area contributed by atoms with Crippen LogP contribution in [0.2, 0.25) is 5.02 Å². The van der Waals surface area contributed by atoms with Gasteiger partial charge in [-0.2, -0.15) is 0 Å². The van der Waals surface area contributed by atoms with Crippen molar-refractivity contribution in [3.8, 4) is 0 Å². The van der Waals surface area contributed by atoms with Gasteiger partial charge in [-0.15, -0.1) is 0 Å². The Morgan fingerprint density at radius 1 is 0.930 bits per heavy atom. The molecular formula is C34H42ClN3O4S. The highest BCUT2D eigenvalue weighted by Gasteiger charge is 2.35. The molecule has 2 amide bonds. The Morgan fingerprint density at radius 2 is 1.60 bits per heavy atom. The third-order valence-electron chi connectivity index (χ3n) is 8.27. The van der Waals surface area contributed by atoms with Gasteiger partial charge in [0.1, 0.15) is 12.6 Å². The number of hydrogen-bond donors (Lipinski definition) is 1. The number of nitrogens with one attached hydrogen (secondary N) is 1. The van der Waals surface area contributed by atoms with E-state index in [0.29, 0.717) is 22.7 Å². The third kappa shape index (κ3) is 7.98. The quantitative estimate of drug-likeness (QED) is 0.257. The van der Waals surface area contributed by atoms with Crippen molar-refractivity contribution >= 4 is 39.1 Å². The predicted octanol–water partition coefficient (Wildman–Crippen LogP) is 6.72. The highest BCUT2D eigenvalue weighted by molar-refractivity contribution is 7.92. The molecule has 3 aromatic carbocycles. The maximum absolute atomic E-state index is 14.4. The Labute approximate surface area is 261 Å². The van der Waals surface area contributed by atoms with Crippen molar-refractivity contribution in [1.29, 1.82) is 0 Å². The summed E-state index contributed by atoms with van der Waals surface area (Å²) in [5.41, 5.74) is 3.77. The average molecular weight is 624 g/mol. The van der Waals surface area contributed by atoms with Gasteiger partial charge in [0.05, 0.1) is 10.6 Å². The summed E-state index contributed by atoms with van der Waals surface area (Å²) in [7, 11) is -4.17. The number of nitrogens with zero attached hydrogens (tertiary/aromatic N) is 2. The van der Waals surface area contributed by atoms with Crippen molar-refractivity contribution in [1.82, 2.24) is 10.2 Å². The molecule has 0 aliphatic heterocycles. The topological polar surface area (TPSA) is 86.8 Å². The zero-order valence-electron chi connectivity index (χ0n) is 25.5. The van der Waals surface area contributed by atoms with Crippen LogP contribution in [0.3, 0.4) is 0 Å². The van der Waals surface area contributed by atoms with E-state index < -0.39 is 28.5 Å². The number of carbonyl (C=O) groups is 2. The van der Waals surface area contributed by atoms with Crippen LogP contribution in [0.5, 0.6) is 0 Å². The number of carbonyl (C=O) groups excluding carboxylic acids is 2. The standard InChI is InChI=1S/C34H42ClN3O4S/c1-5-31(34(40)36-29-13-7-6-8-14-29)37(22-27-12-10-9-11-25(27)3)33(39)23-38(32-21-28(35)18-17-26(32)4)43(41,42)30-19-15-24(2)16-20-30/h9-12,15-21,29,31H,5-8,13-14,22-23H2,1-4H3,(H,36,40). The number of rotatable bonds is 11. The van der Waals surface area contributed by atoms with Crippen LogP contribution in [0.15, 0.2) is 71.6 Å². The number of amides is 2. The van der Waals surface area contributed by atoms with Crippen LogP contribution in [-0.4, -0.2) is 43.8 Å². The summed E-state index contributed by atoms with van der Waals surface area (Å²) < 4.78 is 29.4. The van der Waals surface area contributed by atoms with Gasteiger partial charge in [-0.1, -0.05) is 85.8 Å². The van der Waals surface area contributed by atoms with E-state index in [9.17, 15) is 18.0 Å². The third-order valence-corrected chi connectivity index (χ3v) is 10.3. The van der Waals surface area contributed by atoms with Crippen LogP contribution >= 0.6 is 11.6 Å². The van der Waals surface area contributed by atoms with E-state index in [0.717, 1.165) is 53.1 Å². The van der Waals surface area contributed by atoms with Crippen LogP contribution in [0, 0.1) is 20.8 Å². The van der Waals surface area contributed by atoms with Gasteiger partial charge in [0.25, 0.3) is 10.0 Å². The van der Waals surface area contributed by atoms with Crippen molar-refractivity contribution in [2.45, 2.75) is 89.7 Å². The molecule has 1 aliphatic carbocycles. The maximum Gasteiger partial charge on any atom is 0.264 e. The Morgan fingerprint density at radius 3 is 2.26 bits per heavy atom. The van der Waals surface area contributed by atoms with Crippen LogP contribution in [-0.2, 0) is 26.2 Å². The summed E-state index contributed by atoms with van der Waals surface area (Å²) in [6.45, 7) is 7.19. The summed E-state index contributed by atoms with van der Waals surface area (Å²) in [5.74, 6) is -0.674. The lowest BCUT2D eigenvalue weighted by Gasteiger charge is -2.35. The van der Waals surface area contributed by atoms with Crippen molar-refractivity contribution in [3.05, 3.63) is 94.0 Å². The molecule has 1 fully saturated rings. The summed E-state index contributed by atoms with van der Waals surface area (Å²) in [5, 5.41) is 3.54. The second-order valence-corrected chi connectivity index (χ2v) is 13.8. The monoisotopic (exact) mass is 623 g/mol. The number of halogens is 1. The van der Waals surface area contributed by atoms with Crippen molar-refractivity contribution in [2.24, 2.45) is 0 Å². The van der Waals surface area contributed by atoms with E-state index in [4.69, 9.17) is 11.6 Å². The lowest BCUT2D eigenvalue weighted by atomic mass is 9.95. The molecule has 43 heavy (non-hydrogen) atoms. The Kier molecular flexibility index (Phi) is 10.9. The first-order chi connectivity index (χ1) is 20.5. The van der Waals surface area contributed by atoms with Crippen LogP contribution in [0.1, 0.15) is 67.7 Å². The molecular weight excluding hydrogens is 582 g/mol. The van der Waals surface area contributed by atoms with Crippen molar-refractivity contribution < 1.29 is 18.0 Å². The van der Waals surface area contributed by atoms with Gasteiger partial charge in [0.2, 0.25) is 11.8 Å². The summed E-state index contributed by atoms with van der Waals surface area (Å²) in [6.07, 6.45) is 5.53. The minimum absolute atomic E-state index is 0.0674. The molecule has 0 spiro atoms. The smallest absolute Gasteiger partial charge is 0.264 e. The second kappa shape index (κ2) is 14.4. The SMILES string of the molecule is CCC(C(=O)NC1CCCCC1)N(Cc1ccccc1C)C(=O)CN(c1cc(Cl)ccc1C)S(=O)(=O)c1ccc(C)cc1. The van der Waals surface area contributed by atoms with E-state index in [1.54, 1.807) is 49.4 Å². The van der Waals surface area contributed by atoms with Gasteiger partial charge in [0.15, 0.2) is 0 Å². The fraction of sp³-hybridized carbons (Fsp3) is 0.412. The van der Waals surface area contributed by atoms with E-state index >= 15 is 0 Å². The van der Waals surface area contributed by atoms with Gasteiger partial charge < -0.3 is 10.2 Å². The molecule has 1 unspecified atom stereocenters. The molecule has 9 heteroatoms. The summed E-state index contributed by atoms with van der Waals surface area (Å²) in [4.78, 5) is 29.7. The molecule has 1 saturated carbocycles. The van der Waals surface area contributed by atoms with Gasteiger partial charge in [-0.3, -0.25) is 13.9 Å². The predicted molar refractivity (Wildman–Crippen MR) is 173 cm³/mol. The number of benzene rings is 3. The molecule has 230 valence electrons. The highest BCUT2D eigenvalue weighted by Crippen LogP contribution is 2.30. The Balaban J connectivity index is 1.74. The molecule has 7 nitrogen and oxygen atoms in total. The van der Waals surface area contributed by atoms with Crippen LogP contribution < -0.4 is 9.62 Å². The Hall–Kier alpha value is -3.36. The lowest BCUT2D eigenvalue weighted by molar-refractivity contribution is -0.140. The zero-order valence-corrected chi connectivity index (χ0v) is 27.0. The molecule has 0 bridgehead atoms. The maximum atomic E-state index is 14.4. The molecule has 1 aliphatic rings. The average Bonchev–Trinajstić information content (AvgIpc) is 2.98. The molecule has 1 atom stereocenters.